The van der Waals surface area contributed by atoms with Crippen LogP contribution in [0.2, 0.25) is 0 Å². The van der Waals surface area contributed by atoms with Crippen molar-refractivity contribution in [1.82, 2.24) is 4.98 Å². The van der Waals surface area contributed by atoms with E-state index in [1.807, 2.05) is 42.5 Å². The van der Waals surface area contributed by atoms with Gasteiger partial charge in [-0.1, -0.05) is 30.3 Å². The van der Waals surface area contributed by atoms with Crippen LogP contribution < -0.4 is 0 Å². The molecule has 1 N–H and O–H groups in total. The molecule has 2 nitrogen and oxygen atoms in total. The van der Waals surface area contributed by atoms with Gasteiger partial charge in [-0.05, 0) is 40.6 Å². The van der Waals surface area contributed by atoms with Gasteiger partial charge >= 0.3 is 0 Å². The molecule has 3 heteroatoms. The number of rotatable bonds is 2. The smallest absolute Gasteiger partial charge is 0.105 e. The highest BCUT2D eigenvalue weighted by atomic mass is 32.1. The van der Waals surface area contributed by atoms with Gasteiger partial charge in [-0.2, -0.15) is 0 Å². The molecular weight excluding hydrogens is 278 g/mol. The fourth-order valence-corrected chi connectivity index (χ4v) is 3.61. The minimum Gasteiger partial charge on any atom is -0.384 e. The van der Waals surface area contributed by atoms with Gasteiger partial charge < -0.3 is 5.11 Å². The molecule has 4 rings (SSSR count). The fourth-order valence-electron chi connectivity index (χ4n) is 2.68. The second-order valence-corrected chi connectivity index (χ2v) is 5.96. The van der Waals surface area contributed by atoms with Crippen LogP contribution in [0.25, 0.3) is 21.0 Å². The van der Waals surface area contributed by atoms with E-state index in [0.29, 0.717) is 0 Å². The number of nitrogens with zero attached hydrogens (tertiary/aromatic N) is 1. The molecule has 2 aromatic carbocycles. The zero-order valence-corrected chi connectivity index (χ0v) is 12.0. The molecule has 0 saturated carbocycles. The van der Waals surface area contributed by atoms with Gasteiger partial charge in [-0.15, -0.1) is 11.3 Å². The van der Waals surface area contributed by atoms with Crippen molar-refractivity contribution in [2.45, 2.75) is 6.10 Å². The van der Waals surface area contributed by atoms with Gasteiger partial charge in [0.1, 0.15) is 6.10 Å². The zero-order valence-electron chi connectivity index (χ0n) is 11.2. The summed E-state index contributed by atoms with van der Waals surface area (Å²) in [5.41, 5.74) is 2.81. The van der Waals surface area contributed by atoms with E-state index in [1.54, 1.807) is 17.5 Å². The fraction of sp³-hybridized carbons (Fsp3) is 0.0556. The molecule has 0 fully saturated rings. The van der Waals surface area contributed by atoms with Crippen LogP contribution in [0.4, 0.5) is 0 Å². The second-order valence-electron chi connectivity index (χ2n) is 5.04. The number of benzene rings is 2. The number of aliphatic hydroxyl groups excluding tert-OH is 1. The number of hydrogen-bond donors (Lipinski definition) is 1. The van der Waals surface area contributed by atoms with Crippen LogP contribution in [0.15, 0.2) is 66.2 Å². The van der Waals surface area contributed by atoms with Crippen molar-refractivity contribution in [3.05, 3.63) is 77.3 Å². The number of thiophene rings is 1. The highest BCUT2D eigenvalue weighted by Crippen LogP contribution is 2.33. The van der Waals surface area contributed by atoms with Gasteiger partial charge in [0.2, 0.25) is 0 Å². The molecule has 0 aliphatic heterocycles. The van der Waals surface area contributed by atoms with Gasteiger partial charge in [0, 0.05) is 21.8 Å². The Bertz CT molecular complexity index is 928. The molecule has 4 aromatic rings. The summed E-state index contributed by atoms with van der Waals surface area (Å²) in [5, 5.41) is 15.0. The minimum atomic E-state index is -0.614. The maximum atomic E-state index is 10.8. The molecule has 0 aliphatic rings. The highest BCUT2D eigenvalue weighted by Gasteiger charge is 2.14. The molecular formula is C18H13NOS. The van der Waals surface area contributed by atoms with Gasteiger partial charge in [-0.3, -0.25) is 4.98 Å². The maximum absolute atomic E-state index is 10.8. The first-order valence-corrected chi connectivity index (χ1v) is 7.70. The first kappa shape index (κ1) is 12.5. The Kier molecular flexibility index (Phi) is 2.95. The van der Waals surface area contributed by atoms with E-state index >= 15 is 0 Å². The third-order valence-electron chi connectivity index (χ3n) is 3.75. The molecule has 0 saturated heterocycles. The largest absolute Gasteiger partial charge is 0.384 e. The van der Waals surface area contributed by atoms with E-state index in [2.05, 4.69) is 22.5 Å². The van der Waals surface area contributed by atoms with Crippen molar-refractivity contribution in [2.75, 3.05) is 0 Å². The van der Waals surface area contributed by atoms with Crippen LogP contribution >= 0.6 is 11.3 Å². The molecule has 102 valence electrons. The maximum Gasteiger partial charge on any atom is 0.105 e. The zero-order chi connectivity index (χ0) is 14.2. The average Bonchev–Trinajstić information content (AvgIpc) is 3.02. The Labute approximate surface area is 126 Å². The van der Waals surface area contributed by atoms with Crippen molar-refractivity contribution in [2.24, 2.45) is 0 Å². The van der Waals surface area contributed by atoms with E-state index in [9.17, 15) is 5.11 Å². The Morgan fingerprint density at radius 1 is 0.952 bits per heavy atom. The predicted molar refractivity (Wildman–Crippen MR) is 87.6 cm³/mol. The van der Waals surface area contributed by atoms with Crippen LogP contribution in [0.1, 0.15) is 17.2 Å². The summed E-state index contributed by atoms with van der Waals surface area (Å²) in [6.07, 6.45) is 1.17. The molecule has 21 heavy (non-hydrogen) atoms. The van der Waals surface area contributed by atoms with Crippen LogP contribution in [-0.4, -0.2) is 10.1 Å². The summed E-state index contributed by atoms with van der Waals surface area (Å²) in [6, 6.07) is 18.0. The summed E-state index contributed by atoms with van der Waals surface area (Å²) in [5.74, 6) is 0. The molecule has 0 spiro atoms. The number of aromatic nitrogens is 1. The number of hydrogen-bond acceptors (Lipinski definition) is 3. The lowest BCUT2D eigenvalue weighted by Crippen LogP contribution is -1.99. The summed E-state index contributed by atoms with van der Waals surface area (Å²) >= 11 is 1.67. The molecule has 0 radical (unpaired) electrons. The lowest BCUT2D eigenvalue weighted by atomic mass is 9.99. The Balaban J connectivity index is 1.85. The Morgan fingerprint density at radius 3 is 2.81 bits per heavy atom. The van der Waals surface area contributed by atoms with Gasteiger partial charge in [-0.25, -0.2) is 0 Å². The Hall–Kier alpha value is -2.23. The topological polar surface area (TPSA) is 33.1 Å². The third kappa shape index (κ3) is 2.11. The van der Waals surface area contributed by atoms with Gasteiger partial charge in [0.15, 0.2) is 0 Å². The standard InChI is InChI=1S/C18H13NOS/c20-17(15-5-1-3-12-8-10-21-18(12)15)14-6-7-16-13(11-14)4-2-9-19-16/h1-11,17,20H. The number of fused-ring (bicyclic) bond motifs is 2. The van der Waals surface area contributed by atoms with Crippen LogP contribution in [0.5, 0.6) is 0 Å². The molecule has 0 aliphatic carbocycles. The summed E-state index contributed by atoms with van der Waals surface area (Å²) < 4.78 is 1.15. The normalized spacial score (nSPS) is 12.8. The first-order valence-electron chi connectivity index (χ1n) is 6.82. The predicted octanol–water partition coefficient (Wildman–Crippen LogP) is 4.53. The molecule has 2 heterocycles. The van der Waals surface area contributed by atoms with Crippen LogP contribution in [0, 0.1) is 0 Å². The third-order valence-corrected chi connectivity index (χ3v) is 4.73. The highest BCUT2D eigenvalue weighted by molar-refractivity contribution is 7.17. The van der Waals surface area contributed by atoms with Crippen molar-refractivity contribution >= 4 is 32.3 Å². The summed E-state index contributed by atoms with van der Waals surface area (Å²) in [7, 11) is 0. The molecule has 1 atom stereocenters. The number of aliphatic hydroxyl groups is 1. The van der Waals surface area contributed by atoms with Crippen molar-refractivity contribution < 1.29 is 5.11 Å². The lowest BCUT2D eigenvalue weighted by Gasteiger charge is -2.13. The summed E-state index contributed by atoms with van der Waals surface area (Å²) in [6.45, 7) is 0. The first-order chi connectivity index (χ1) is 10.3. The van der Waals surface area contributed by atoms with Gasteiger partial charge in [0.05, 0.1) is 5.52 Å². The van der Waals surface area contributed by atoms with E-state index in [-0.39, 0.29) is 0 Å². The van der Waals surface area contributed by atoms with Crippen molar-refractivity contribution in [3.8, 4) is 0 Å². The lowest BCUT2D eigenvalue weighted by molar-refractivity contribution is 0.222. The average molecular weight is 291 g/mol. The van der Waals surface area contributed by atoms with E-state index in [0.717, 1.165) is 26.7 Å². The van der Waals surface area contributed by atoms with Crippen molar-refractivity contribution in [3.63, 3.8) is 0 Å². The molecule has 1 unspecified atom stereocenters. The van der Waals surface area contributed by atoms with Crippen LogP contribution in [0.3, 0.4) is 0 Å². The van der Waals surface area contributed by atoms with E-state index in [4.69, 9.17) is 0 Å². The van der Waals surface area contributed by atoms with Gasteiger partial charge in [0.25, 0.3) is 0 Å². The molecule has 0 bridgehead atoms. The quantitative estimate of drug-likeness (QED) is 0.588. The number of pyridine rings is 1. The summed E-state index contributed by atoms with van der Waals surface area (Å²) in [4.78, 5) is 4.32. The molecule has 0 amide bonds. The second kappa shape index (κ2) is 4.95. The SMILES string of the molecule is OC(c1ccc2ncccc2c1)c1cccc2ccsc12. The van der Waals surface area contributed by atoms with Crippen molar-refractivity contribution in [1.29, 1.82) is 0 Å². The van der Waals surface area contributed by atoms with E-state index < -0.39 is 6.10 Å². The minimum absolute atomic E-state index is 0.614. The Morgan fingerprint density at radius 2 is 1.86 bits per heavy atom. The van der Waals surface area contributed by atoms with E-state index in [1.165, 1.54) is 5.39 Å². The van der Waals surface area contributed by atoms with Crippen LogP contribution in [-0.2, 0) is 0 Å². The molecule has 2 aromatic heterocycles. The monoisotopic (exact) mass is 291 g/mol.